The van der Waals surface area contributed by atoms with E-state index < -0.39 is 10.0 Å². The summed E-state index contributed by atoms with van der Waals surface area (Å²) < 4.78 is 33.0. The second kappa shape index (κ2) is 5.79. The van der Waals surface area contributed by atoms with Gasteiger partial charge in [0.2, 0.25) is 10.0 Å². The van der Waals surface area contributed by atoms with E-state index in [4.69, 9.17) is 4.74 Å². The highest BCUT2D eigenvalue weighted by atomic mass is 79.9. The maximum atomic E-state index is 11.9. The smallest absolute Gasteiger partial charge is 0.250 e. The van der Waals surface area contributed by atoms with E-state index in [1.807, 2.05) is 0 Å². The first-order valence-corrected chi connectivity index (χ1v) is 8.50. The van der Waals surface area contributed by atoms with Crippen LogP contribution in [-0.4, -0.2) is 28.2 Å². The fourth-order valence-corrected chi connectivity index (χ4v) is 4.86. The first-order chi connectivity index (χ1) is 8.08. The van der Waals surface area contributed by atoms with Gasteiger partial charge in [0.05, 0.1) is 3.79 Å². The van der Waals surface area contributed by atoms with Gasteiger partial charge in [-0.15, -0.1) is 11.3 Å². The van der Waals surface area contributed by atoms with Crippen molar-refractivity contribution >= 4 is 37.3 Å². The SMILES string of the molecule is O=S(=O)(NCC1CCOCC1)c1ccc(Br)s1. The molecular weight excluding hydrogens is 326 g/mol. The van der Waals surface area contributed by atoms with Crippen LogP contribution in [0.15, 0.2) is 20.1 Å². The van der Waals surface area contributed by atoms with Crippen LogP contribution >= 0.6 is 27.3 Å². The van der Waals surface area contributed by atoms with Gasteiger partial charge in [-0.1, -0.05) is 0 Å². The molecule has 0 spiro atoms. The molecule has 0 bridgehead atoms. The average molecular weight is 340 g/mol. The first-order valence-electron chi connectivity index (χ1n) is 5.41. The van der Waals surface area contributed by atoms with E-state index in [0.29, 0.717) is 16.7 Å². The summed E-state index contributed by atoms with van der Waals surface area (Å²) >= 11 is 4.48. The van der Waals surface area contributed by atoms with Crippen molar-refractivity contribution in [3.8, 4) is 0 Å². The minimum absolute atomic E-state index is 0.358. The van der Waals surface area contributed by atoms with Gasteiger partial charge >= 0.3 is 0 Å². The average Bonchev–Trinajstić information content (AvgIpc) is 2.76. The molecule has 0 amide bonds. The summed E-state index contributed by atoms with van der Waals surface area (Å²) in [6.45, 7) is 1.97. The molecule has 4 nitrogen and oxygen atoms in total. The lowest BCUT2D eigenvalue weighted by Crippen LogP contribution is -2.31. The molecule has 1 aromatic rings. The van der Waals surface area contributed by atoms with E-state index in [2.05, 4.69) is 20.7 Å². The highest BCUT2D eigenvalue weighted by Gasteiger charge is 2.20. The molecule has 1 saturated heterocycles. The van der Waals surface area contributed by atoms with Crippen LogP contribution in [0.3, 0.4) is 0 Å². The van der Waals surface area contributed by atoms with Gasteiger partial charge in [-0.25, -0.2) is 13.1 Å². The fraction of sp³-hybridized carbons (Fsp3) is 0.600. The van der Waals surface area contributed by atoms with Crippen LogP contribution < -0.4 is 4.72 Å². The fourth-order valence-electron chi connectivity index (χ4n) is 1.69. The number of ether oxygens (including phenoxy) is 1. The Kier molecular flexibility index (Phi) is 4.59. The van der Waals surface area contributed by atoms with Crippen molar-refractivity contribution in [3.63, 3.8) is 0 Å². The van der Waals surface area contributed by atoms with Gasteiger partial charge in [-0.3, -0.25) is 0 Å². The van der Waals surface area contributed by atoms with Crippen molar-refractivity contribution in [1.82, 2.24) is 4.72 Å². The number of halogens is 1. The molecule has 1 aliphatic rings. The molecule has 1 N–H and O–H groups in total. The zero-order chi connectivity index (χ0) is 12.3. The predicted molar refractivity (Wildman–Crippen MR) is 70.8 cm³/mol. The van der Waals surface area contributed by atoms with Gasteiger partial charge in [0, 0.05) is 19.8 Å². The summed E-state index contributed by atoms with van der Waals surface area (Å²) in [6, 6.07) is 3.36. The molecule has 1 aromatic heterocycles. The number of rotatable bonds is 4. The van der Waals surface area contributed by atoms with Gasteiger partial charge < -0.3 is 4.74 Å². The molecule has 17 heavy (non-hydrogen) atoms. The summed E-state index contributed by atoms with van der Waals surface area (Å²) in [7, 11) is -3.34. The molecule has 0 aliphatic carbocycles. The molecule has 1 fully saturated rings. The monoisotopic (exact) mass is 339 g/mol. The highest BCUT2D eigenvalue weighted by Crippen LogP contribution is 2.26. The number of thiophene rings is 1. The van der Waals surface area contributed by atoms with Gasteiger partial charge in [0.15, 0.2) is 0 Å². The Morgan fingerprint density at radius 1 is 1.41 bits per heavy atom. The van der Waals surface area contributed by atoms with Crippen molar-refractivity contribution in [3.05, 3.63) is 15.9 Å². The molecular formula is C10H14BrNO3S2. The lowest BCUT2D eigenvalue weighted by Gasteiger charge is -2.21. The second-order valence-electron chi connectivity index (χ2n) is 3.97. The van der Waals surface area contributed by atoms with Crippen molar-refractivity contribution in [2.45, 2.75) is 17.1 Å². The Hall–Kier alpha value is 0.0500. The minimum atomic E-state index is -3.34. The maximum absolute atomic E-state index is 11.9. The van der Waals surface area contributed by atoms with E-state index in [1.165, 1.54) is 11.3 Å². The first kappa shape index (κ1) is 13.5. The van der Waals surface area contributed by atoms with Crippen LogP contribution in [0.1, 0.15) is 12.8 Å². The molecule has 0 aromatic carbocycles. The third kappa shape index (κ3) is 3.75. The summed E-state index contributed by atoms with van der Waals surface area (Å²) in [4.78, 5) is 0. The van der Waals surface area contributed by atoms with E-state index in [1.54, 1.807) is 12.1 Å². The quantitative estimate of drug-likeness (QED) is 0.914. The van der Waals surface area contributed by atoms with E-state index in [0.717, 1.165) is 29.8 Å². The van der Waals surface area contributed by atoms with Crippen molar-refractivity contribution in [2.24, 2.45) is 5.92 Å². The number of hydrogen-bond donors (Lipinski definition) is 1. The number of sulfonamides is 1. The minimum Gasteiger partial charge on any atom is -0.381 e. The van der Waals surface area contributed by atoms with Crippen molar-refractivity contribution in [1.29, 1.82) is 0 Å². The molecule has 0 atom stereocenters. The zero-order valence-corrected chi connectivity index (χ0v) is 12.4. The summed E-state index contributed by atoms with van der Waals surface area (Å²) in [5.74, 6) is 0.391. The lowest BCUT2D eigenvalue weighted by molar-refractivity contribution is 0.0678. The van der Waals surface area contributed by atoms with Crippen LogP contribution in [0, 0.1) is 5.92 Å². The van der Waals surface area contributed by atoms with Crippen LogP contribution in [0.5, 0.6) is 0 Å². The molecule has 2 rings (SSSR count). The molecule has 1 aliphatic heterocycles. The number of nitrogens with one attached hydrogen (secondary N) is 1. The molecule has 0 saturated carbocycles. The normalized spacial score (nSPS) is 18.4. The lowest BCUT2D eigenvalue weighted by atomic mass is 10.0. The summed E-state index contributed by atoms with van der Waals surface area (Å²) in [5.41, 5.74) is 0. The Labute approximate surface area is 114 Å². The van der Waals surface area contributed by atoms with Gasteiger partial charge in [0.25, 0.3) is 0 Å². The Bertz CT molecular complexity index is 466. The van der Waals surface area contributed by atoms with E-state index >= 15 is 0 Å². The van der Waals surface area contributed by atoms with Crippen LogP contribution in [0.25, 0.3) is 0 Å². The maximum Gasteiger partial charge on any atom is 0.250 e. The molecule has 7 heteroatoms. The molecule has 0 unspecified atom stereocenters. The van der Waals surface area contributed by atoms with Gasteiger partial charge in [-0.05, 0) is 46.8 Å². The van der Waals surface area contributed by atoms with Crippen LogP contribution in [-0.2, 0) is 14.8 Å². The standard InChI is InChI=1S/C10H14BrNO3S2/c11-9-1-2-10(16-9)17(13,14)12-7-8-3-5-15-6-4-8/h1-2,8,12H,3-7H2. The summed E-state index contributed by atoms with van der Waals surface area (Å²) in [6.07, 6.45) is 1.85. The third-order valence-corrected chi connectivity index (χ3v) is 6.26. The van der Waals surface area contributed by atoms with E-state index in [-0.39, 0.29) is 0 Å². The van der Waals surface area contributed by atoms with Crippen LogP contribution in [0.4, 0.5) is 0 Å². The largest absolute Gasteiger partial charge is 0.381 e. The molecule has 0 radical (unpaired) electrons. The molecule has 2 heterocycles. The Balaban J connectivity index is 1.93. The van der Waals surface area contributed by atoms with Gasteiger partial charge in [-0.2, -0.15) is 0 Å². The van der Waals surface area contributed by atoms with Crippen molar-refractivity contribution < 1.29 is 13.2 Å². The van der Waals surface area contributed by atoms with E-state index in [9.17, 15) is 8.42 Å². The molecule has 96 valence electrons. The zero-order valence-electron chi connectivity index (χ0n) is 9.19. The highest BCUT2D eigenvalue weighted by molar-refractivity contribution is 9.11. The Morgan fingerprint density at radius 3 is 2.71 bits per heavy atom. The summed E-state index contributed by atoms with van der Waals surface area (Å²) in [5, 5.41) is 0. The predicted octanol–water partition coefficient (Wildman–Crippen LogP) is 2.22. The topological polar surface area (TPSA) is 55.4 Å². The number of hydrogen-bond acceptors (Lipinski definition) is 4. The second-order valence-corrected chi connectivity index (χ2v) is 8.42. The van der Waals surface area contributed by atoms with Crippen LogP contribution in [0.2, 0.25) is 0 Å². The third-order valence-electron chi connectivity index (χ3n) is 2.72. The Morgan fingerprint density at radius 2 is 2.12 bits per heavy atom. The van der Waals surface area contributed by atoms with Gasteiger partial charge in [0.1, 0.15) is 4.21 Å². The van der Waals surface area contributed by atoms with Crippen molar-refractivity contribution in [2.75, 3.05) is 19.8 Å².